The number of benzene rings is 1. The maximum Gasteiger partial charge on any atom is 0.0948 e. The first kappa shape index (κ1) is 15.2. The Morgan fingerprint density at radius 1 is 1.11 bits per heavy atom. The summed E-state index contributed by atoms with van der Waals surface area (Å²) in [6, 6.07) is 8.29. The van der Waals surface area contributed by atoms with Crippen LogP contribution in [0.15, 0.2) is 24.3 Å². The Hall–Kier alpha value is -0.900. The molecule has 0 radical (unpaired) electrons. The van der Waals surface area contributed by atoms with Crippen LogP contribution in [-0.2, 0) is 9.47 Å². The third-order valence-electron chi connectivity index (χ3n) is 2.60. The van der Waals surface area contributed by atoms with E-state index in [0.29, 0.717) is 19.8 Å². The zero-order valence-electron chi connectivity index (χ0n) is 11.9. The van der Waals surface area contributed by atoms with Crippen LogP contribution in [0, 0.1) is 6.92 Å². The van der Waals surface area contributed by atoms with Crippen molar-refractivity contribution in [1.82, 2.24) is 0 Å². The SMILES string of the molecule is Cc1ccc(C(CN)OCCOC(C)(C)C)cc1. The molecule has 0 fully saturated rings. The number of hydrogen-bond acceptors (Lipinski definition) is 3. The highest BCUT2D eigenvalue weighted by Crippen LogP contribution is 2.17. The molecule has 0 aromatic heterocycles. The summed E-state index contributed by atoms with van der Waals surface area (Å²) in [4.78, 5) is 0. The monoisotopic (exact) mass is 251 g/mol. The van der Waals surface area contributed by atoms with Crippen LogP contribution < -0.4 is 5.73 Å². The van der Waals surface area contributed by atoms with Gasteiger partial charge in [-0.3, -0.25) is 0 Å². The molecule has 0 heterocycles. The Morgan fingerprint density at radius 3 is 2.22 bits per heavy atom. The summed E-state index contributed by atoms with van der Waals surface area (Å²) in [6.07, 6.45) is -0.0471. The average molecular weight is 251 g/mol. The van der Waals surface area contributed by atoms with Crippen molar-refractivity contribution in [3.63, 3.8) is 0 Å². The van der Waals surface area contributed by atoms with E-state index in [0.717, 1.165) is 5.56 Å². The fourth-order valence-corrected chi connectivity index (χ4v) is 1.62. The van der Waals surface area contributed by atoms with Gasteiger partial charge in [0.15, 0.2) is 0 Å². The predicted molar refractivity (Wildman–Crippen MR) is 74.6 cm³/mol. The minimum absolute atomic E-state index is 0.0471. The van der Waals surface area contributed by atoms with Crippen molar-refractivity contribution in [2.24, 2.45) is 5.73 Å². The van der Waals surface area contributed by atoms with Gasteiger partial charge < -0.3 is 15.2 Å². The van der Waals surface area contributed by atoms with Gasteiger partial charge in [0, 0.05) is 6.54 Å². The Kier molecular flexibility index (Phi) is 5.79. The van der Waals surface area contributed by atoms with Crippen LogP contribution in [0.3, 0.4) is 0 Å². The number of aryl methyl sites for hydroxylation is 1. The topological polar surface area (TPSA) is 44.5 Å². The first-order chi connectivity index (χ1) is 8.42. The van der Waals surface area contributed by atoms with E-state index >= 15 is 0 Å². The van der Waals surface area contributed by atoms with Crippen LogP contribution in [-0.4, -0.2) is 25.4 Å². The van der Waals surface area contributed by atoms with Crippen LogP contribution in [0.1, 0.15) is 38.0 Å². The standard InChI is InChI=1S/C15H25NO2/c1-12-5-7-13(8-6-12)14(11-16)17-9-10-18-15(2,3)4/h5-8,14H,9-11,16H2,1-4H3. The Labute approximate surface area is 110 Å². The lowest BCUT2D eigenvalue weighted by Crippen LogP contribution is -2.24. The lowest BCUT2D eigenvalue weighted by atomic mass is 10.1. The Balaban J connectivity index is 2.40. The molecule has 0 aliphatic rings. The molecule has 0 spiro atoms. The number of hydrogen-bond donors (Lipinski definition) is 1. The molecule has 0 bridgehead atoms. The zero-order valence-corrected chi connectivity index (χ0v) is 11.9. The van der Waals surface area contributed by atoms with E-state index in [-0.39, 0.29) is 11.7 Å². The summed E-state index contributed by atoms with van der Waals surface area (Å²) >= 11 is 0. The second kappa shape index (κ2) is 6.88. The van der Waals surface area contributed by atoms with Gasteiger partial charge in [-0.15, -0.1) is 0 Å². The van der Waals surface area contributed by atoms with Crippen molar-refractivity contribution in [3.05, 3.63) is 35.4 Å². The summed E-state index contributed by atoms with van der Waals surface area (Å²) < 4.78 is 11.4. The molecule has 3 nitrogen and oxygen atoms in total. The molecule has 1 atom stereocenters. The smallest absolute Gasteiger partial charge is 0.0948 e. The largest absolute Gasteiger partial charge is 0.373 e. The molecule has 102 valence electrons. The van der Waals surface area contributed by atoms with Crippen molar-refractivity contribution in [2.45, 2.75) is 39.4 Å². The molecule has 1 rings (SSSR count). The molecule has 0 aliphatic carbocycles. The zero-order chi connectivity index (χ0) is 13.6. The fraction of sp³-hybridized carbons (Fsp3) is 0.600. The highest BCUT2D eigenvalue weighted by atomic mass is 16.5. The maximum absolute atomic E-state index is 5.76. The summed E-state index contributed by atoms with van der Waals surface area (Å²) in [5, 5.41) is 0. The molecule has 1 unspecified atom stereocenters. The molecule has 0 aliphatic heterocycles. The molecule has 3 heteroatoms. The Morgan fingerprint density at radius 2 is 1.72 bits per heavy atom. The first-order valence-corrected chi connectivity index (χ1v) is 6.44. The third-order valence-corrected chi connectivity index (χ3v) is 2.60. The summed E-state index contributed by atoms with van der Waals surface area (Å²) in [5.41, 5.74) is 7.99. The van der Waals surface area contributed by atoms with Gasteiger partial charge in [0.2, 0.25) is 0 Å². The number of rotatable bonds is 6. The van der Waals surface area contributed by atoms with Crippen LogP contribution in [0.25, 0.3) is 0 Å². The van der Waals surface area contributed by atoms with E-state index in [1.807, 2.05) is 20.8 Å². The van der Waals surface area contributed by atoms with Crippen LogP contribution in [0.2, 0.25) is 0 Å². The highest BCUT2D eigenvalue weighted by Gasteiger charge is 2.12. The average Bonchev–Trinajstić information content (AvgIpc) is 2.29. The highest BCUT2D eigenvalue weighted by molar-refractivity contribution is 5.23. The van der Waals surface area contributed by atoms with E-state index in [4.69, 9.17) is 15.2 Å². The van der Waals surface area contributed by atoms with Crippen LogP contribution in [0.5, 0.6) is 0 Å². The van der Waals surface area contributed by atoms with Gasteiger partial charge in [-0.2, -0.15) is 0 Å². The van der Waals surface area contributed by atoms with Crippen molar-refractivity contribution < 1.29 is 9.47 Å². The Bertz CT molecular complexity index is 341. The normalized spacial score (nSPS) is 13.6. The molecule has 1 aromatic rings. The van der Waals surface area contributed by atoms with Crippen molar-refractivity contribution >= 4 is 0 Å². The molecule has 1 aromatic carbocycles. The van der Waals surface area contributed by atoms with Gasteiger partial charge in [0.25, 0.3) is 0 Å². The van der Waals surface area contributed by atoms with Crippen molar-refractivity contribution in [1.29, 1.82) is 0 Å². The quantitative estimate of drug-likeness (QED) is 0.791. The van der Waals surface area contributed by atoms with Gasteiger partial charge in [0.1, 0.15) is 0 Å². The van der Waals surface area contributed by atoms with Gasteiger partial charge in [-0.05, 0) is 33.3 Å². The third kappa shape index (κ3) is 5.63. The second-order valence-electron chi connectivity index (χ2n) is 5.47. The first-order valence-electron chi connectivity index (χ1n) is 6.44. The van der Waals surface area contributed by atoms with E-state index in [9.17, 15) is 0 Å². The summed E-state index contributed by atoms with van der Waals surface area (Å²) in [7, 11) is 0. The molecule has 0 amide bonds. The lowest BCUT2D eigenvalue weighted by molar-refractivity contribution is -0.0505. The van der Waals surface area contributed by atoms with Gasteiger partial charge in [-0.1, -0.05) is 29.8 Å². The van der Waals surface area contributed by atoms with E-state index in [2.05, 4.69) is 31.2 Å². The van der Waals surface area contributed by atoms with Gasteiger partial charge >= 0.3 is 0 Å². The molecular weight excluding hydrogens is 226 g/mol. The van der Waals surface area contributed by atoms with Gasteiger partial charge in [0.05, 0.1) is 24.9 Å². The fourth-order valence-electron chi connectivity index (χ4n) is 1.62. The van der Waals surface area contributed by atoms with Crippen molar-refractivity contribution in [3.8, 4) is 0 Å². The lowest BCUT2D eigenvalue weighted by Gasteiger charge is -2.21. The minimum Gasteiger partial charge on any atom is -0.373 e. The molecule has 0 saturated heterocycles. The molecular formula is C15H25NO2. The number of ether oxygens (including phenoxy) is 2. The van der Waals surface area contributed by atoms with Crippen LogP contribution >= 0.6 is 0 Å². The van der Waals surface area contributed by atoms with Crippen molar-refractivity contribution in [2.75, 3.05) is 19.8 Å². The minimum atomic E-state index is -0.120. The maximum atomic E-state index is 5.76. The van der Waals surface area contributed by atoms with E-state index in [1.54, 1.807) is 0 Å². The number of nitrogens with two attached hydrogens (primary N) is 1. The summed E-state index contributed by atoms with van der Waals surface area (Å²) in [5.74, 6) is 0. The molecule has 18 heavy (non-hydrogen) atoms. The van der Waals surface area contributed by atoms with Crippen LogP contribution in [0.4, 0.5) is 0 Å². The predicted octanol–water partition coefficient (Wildman–Crippen LogP) is 2.83. The second-order valence-corrected chi connectivity index (χ2v) is 5.47. The summed E-state index contributed by atoms with van der Waals surface area (Å²) in [6.45, 7) is 9.81. The molecule has 0 saturated carbocycles. The van der Waals surface area contributed by atoms with E-state index < -0.39 is 0 Å². The van der Waals surface area contributed by atoms with Gasteiger partial charge in [-0.25, -0.2) is 0 Å². The van der Waals surface area contributed by atoms with E-state index in [1.165, 1.54) is 5.56 Å². The molecule has 2 N–H and O–H groups in total.